The van der Waals surface area contributed by atoms with Crippen LogP contribution in [-0.2, 0) is 9.59 Å². The molecule has 0 amide bonds. The van der Waals surface area contributed by atoms with Gasteiger partial charge >= 0.3 is 11.5 Å². The molecule has 0 aliphatic heterocycles. The van der Waals surface area contributed by atoms with Crippen LogP contribution in [0.15, 0.2) is 23.9 Å². The molecule has 1 rings (SSSR count). The lowest BCUT2D eigenvalue weighted by Crippen LogP contribution is -2.13. The predicted octanol–water partition coefficient (Wildman–Crippen LogP) is 0.431. The van der Waals surface area contributed by atoms with Gasteiger partial charge in [0.15, 0.2) is 4.98 Å². The molecule has 48 valence electrons. The van der Waals surface area contributed by atoms with Crippen molar-refractivity contribution in [1.29, 1.82) is 5.39 Å². The molecule has 0 aromatic rings. The molecular formula is C6H3N2O2+. The first-order chi connectivity index (χ1) is 4.75. The lowest BCUT2D eigenvalue weighted by atomic mass is 10.1. The Morgan fingerprint density at radius 1 is 1.40 bits per heavy atom. The summed E-state index contributed by atoms with van der Waals surface area (Å²) in [6, 6.07) is 0. The van der Waals surface area contributed by atoms with E-state index in [2.05, 4.69) is 4.98 Å². The largest absolute Gasteiger partial charge is 0.435 e. The summed E-state index contributed by atoms with van der Waals surface area (Å²) >= 11 is 0. The first-order valence-corrected chi connectivity index (χ1v) is 2.58. The average molecular weight is 135 g/mol. The van der Waals surface area contributed by atoms with Gasteiger partial charge < -0.3 is 0 Å². The van der Waals surface area contributed by atoms with E-state index in [4.69, 9.17) is 5.39 Å². The third-order valence-corrected chi connectivity index (χ3v) is 1.07. The summed E-state index contributed by atoms with van der Waals surface area (Å²) in [5.74, 6) is -1.43. The molecule has 0 aromatic heterocycles. The lowest BCUT2D eigenvalue weighted by Gasteiger charge is -1.86. The number of hydrogen-bond acceptors (Lipinski definition) is 3. The molecule has 0 saturated heterocycles. The van der Waals surface area contributed by atoms with Gasteiger partial charge in [-0.15, -0.1) is 0 Å². The van der Waals surface area contributed by atoms with Gasteiger partial charge in [0.05, 0.1) is 0 Å². The number of rotatable bonds is 0. The number of nitrogens with zero attached hydrogens (tertiary/aromatic N) is 2. The SMILES string of the molecule is N#[N+]C1=CC=CC(=O)C1=O. The summed E-state index contributed by atoms with van der Waals surface area (Å²) in [4.78, 5) is 23.8. The van der Waals surface area contributed by atoms with E-state index >= 15 is 0 Å². The summed E-state index contributed by atoms with van der Waals surface area (Å²) in [6.45, 7) is 0. The van der Waals surface area contributed by atoms with E-state index in [9.17, 15) is 9.59 Å². The van der Waals surface area contributed by atoms with Crippen molar-refractivity contribution in [2.75, 3.05) is 0 Å². The standard InChI is InChI=1S/C6H3N2O2/c7-8-4-2-1-3-5(9)6(4)10/h1-3H/q+1. The normalized spacial score (nSPS) is 16.5. The van der Waals surface area contributed by atoms with Crippen LogP contribution in [0.1, 0.15) is 0 Å². The molecule has 0 fully saturated rings. The predicted molar refractivity (Wildman–Crippen MR) is 32.3 cm³/mol. The van der Waals surface area contributed by atoms with Gasteiger partial charge in [-0.2, -0.15) is 0 Å². The molecule has 1 aliphatic rings. The highest BCUT2D eigenvalue weighted by molar-refractivity contribution is 6.48. The van der Waals surface area contributed by atoms with Crippen LogP contribution in [-0.4, -0.2) is 11.6 Å². The molecule has 0 unspecified atom stereocenters. The second-order valence-corrected chi connectivity index (χ2v) is 1.70. The summed E-state index contributed by atoms with van der Waals surface area (Å²) in [7, 11) is 0. The van der Waals surface area contributed by atoms with Crippen LogP contribution in [0.2, 0.25) is 0 Å². The van der Waals surface area contributed by atoms with Gasteiger partial charge in [-0.25, -0.2) is 0 Å². The fourth-order valence-electron chi connectivity index (χ4n) is 0.583. The Hall–Kier alpha value is -1.76. The molecule has 4 nitrogen and oxygen atoms in total. The van der Waals surface area contributed by atoms with E-state index in [1.807, 2.05) is 0 Å². The van der Waals surface area contributed by atoms with Gasteiger partial charge in [-0.05, 0) is 6.08 Å². The molecule has 1 aliphatic carbocycles. The van der Waals surface area contributed by atoms with Crippen LogP contribution in [0.4, 0.5) is 0 Å². The van der Waals surface area contributed by atoms with Crippen molar-refractivity contribution >= 4 is 11.6 Å². The number of carbonyl (C=O) groups excluding carboxylic acids is 2. The molecule has 4 heteroatoms. The summed E-state index contributed by atoms with van der Waals surface area (Å²) < 4.78 is 0. The molecular weight excluding hydrogens is 132 g/mol. The number of carbonyl (C=O) groups is 2. The highest BCUT2D eigenvalue weighted by Crippen LogP contribution is 2.05. The Morgan fingerprint density at radius 2 is 2.10 bits per heavy atom. The van der Waals surface area contributed by atoms with E-state index < -0.39 is 11.6 Å². The number of allylic oxidation sites excluding steroid dienone is 4. The van der Waals surface area contributed by atoms with Crippen molar-refractivity contribution in [3.05, 3.63) is 28.9 Å². The Labute approximate surface area is 56.5 Å². The molecule has 0 N–H and O–H groups in total. The van der Waals surface area contributed by atoms with Crippen molar-refractivity contribution < 1.29 is 9.59 Å². The molecule has 0 bridgehead atoms. The molecule has 0 aromatic carbocycles. The van der Waals surface area contributed by atoms with Gasteiger partial charge in [0.2, 0.25) is 11.2 Å². The minimum absolute atomic E-state index is 0.215. The second-order valence-electron chi connectivity index (χ2n) is 1.70. The van der Waals surface area contributed by atoms with Crippen molar-refractivity contribution in [1.82, 2.24) is 0 Å². The van der Waals surface area contributed by atoms with Crippen molar-refractivity contribution in [3.8, 4) is 0 Å². The lowest BCUT2D eigenvalue weighted by molar-refractivity contribution is -0.131. The van der Waals surface area contributed by atoms with Crippen molar-refractivity contribution in [2.24, 2.45) is 0 Å². The zero-order chi connectivity index (χ0) is 7.56. The van der Waals surface area contributed by atoms with Crippen LogP contribution in [0.25, 0.3) is 4.98 Å². The van der Waals surface area contributed by atoms with Gasteiger partial charge in [0.25, 0.3) is 0 Å². The van der Waals surface area contributed by atoms with Crippen LogP contribution >= 0.6 is 0 Å². The fourth-order valence-corrected chi connectivity index (χ4v) is 0.583. The average Bonchev–Trinajstić information content (AvgIpc) is 1.95. The van der Waals surface area contributed by atoms with Crippen LogP contribution in [0, 0.1) is 5.39 Å². The number of Topliss-reactive ketones (excluding diaryl/α,β-unsaturated/α-hetero) is 1. The third-order valence-electron chi connectivity index (χ3n) is 1.07. The molecule has 0 spiro atoms. The maximum Gasteiger partial charge on any atom is 0.435 e. The summed E-state index contributed by atoms with van der Waals surface area (Å²) in [6.07, 6.45) is 3.75. The van der Waals surface area contributed by atoms with Crippen molar-refractivity contribution in [2.45, 2.75) is 0 Å². The van der Waals surface area contributed by atoms with E-state index in [0.717, 1.165) is 6.08 Å². The van der Waals surface area contributed by atoms with E-state index in [1.54, 1.807) is 0 Å². The molecule has 0 atom stereocenters. The molecule has 0 heterocycles. The van der Waals surface area contributed by atoms with Gasteiger partial charge in [0, 0.05) is 6.08 Å². The van der Waals surface area contributed by atoms with E-state index in [-0.39, 0.29) is 5.70 Å². The van der Waals surface area contributed by atoms with Gasteiger partial charge in [0.1, 0.15) is 0 Å². The van der Waals surface area contributed by atoms with Crippen LogP contribution in [0.5, 0.6) is 0 Å². The molecule has 0 radical (unpaired) electrons. The third kappa shape index (κ3) is 0.845. The van der Waals surface area contributed by atoms with Crippen LogP contribution in [0.3, 0.4) is 0 Å². The second kappa shape index (κ2) is 2.23. The quantitative estimate of drug-likeness (QED) is 0.275. The fraction of sp³-hybridized carbons (Fsp3) is 0. The first kappa shape index (κ1) is 6.36. The number of hydrogen-bond donors (Lipinski definition) is 0. The molecule has 0 saturated carbocycles. The summed E-state index contributed by atoms with van der Waals surface area (Å²) in [5, 5.41) is 8.13. The smallest absolute Gasteiger partial charge is 0.285 e. The monoisotopic (exact) mass is 135 g/mol. The molecule has 10 heavy (non-hydrogen) atoms. The Morgan fingerprint density at radius 3 is 2.60 bits per heavy atom. The van der Waals surface area contributed by atoms with Crippen LogP contribution < -0.4 is 0 Å². The Bertz CT molecular complexity index is 293. The maximum absolute atomic E-state index is 10.6. The maximum atomic E-state index is 10.6. The number of diazo groups is 1. The zero-order valence-corrected chi connectivity index (χ0v) is 4.94. The minimum Gasteiger partial charge on any atom is -0.285 e. The van der Waals surface area contributed by atoms with E-state index in [0.29, 0.717) is 0 Å². The highest BCUT2D eigenvalue weighted by Gasteiger charge is 2.29. The summed E-state index contributed by atoms with van der Waals surface area (Å²) in [5.41, 5.74) is -0.215. The number of ketones is 2. The topological polar surface area (TPSA) is 62.3 Å². The van der Waals surface area contributed by atoms with E-state index in [1.165, 1.54) is 12.2 Å². The Kier molecular flexibility index (Phi) is 1.42. The van der Waals surface area contributed by atoms with Gasteiger partial charge in [-0.1, -0.05) is 6.08 Å². The van der Waals surface area contributed by atoms with Gasteiger partial charge in [-0.3, -0.25) is 9.59 Å². The Balaban J connectivity index is 3.07. The minimum atomic E-state index is -0.773. The zero-order valence-electron chi connectivity index (χ0n) is 4.94. The highest BCUT2D eigenvalue weighted by atomic mass is 16.2. The first-order valence-electron chi connectivity index (χ1n) is 2.58. The van der Waals surface area contributed by atoms with Crippen molar-refractivity contribution in [3.63, 3.8) is 0 Å².